The van der Waals surface area contributed by atoms with E-state index < -0.39 is 0 Å². The second-order valence-corrected chi connectivity index (χ2v) is 5.73. The zero-order valence-electron chi connectivity index (χ0n) is 8.50. The van der Waals surface area contributed by atoms with E-state index >= 15 is 0 Å². The summed E-state index contributed by atoms with van der Waals surface area (Å²) in [7, 11) is 0. The lowest BCUT2D eigenvalue weighted by Gasteiger charge is -1.93. The molecule has 0 radical (unpaired) electrons. The van der Waals surface area contributed by atoms with Crippen molar-refractivity contribution in [2.75, 3.05) is 0 Å². The van der Waals surface area contributed by atoms with E-state index in [2.05, 4.69) is 20.9 Å². The Kier molecular flexibility index (Phi) is 2.16. The van der Waals surface area contributed by atoms with Gasteiger partial charge in [-0.1, -0.05) is 22.0 Å². The van der Waals surface area contributed by atoms with E-state index in [1.807, 2.05) is 25.1 Å². The molecule has 0 aliphatic heterocycles. The van der Waals surface area contributed by atoms with Crippen molar-refractivity contribution in [2.24, 2.45) is 0 Å². The maximum Gasteiger partial charge on any atom is 0.191 e. The molecule has 2 aromatic heterocycles. The van der Waals surface area contributed by atoms with Crippen molar-refractivity contribution < 1.29 is 0 Å². The highest BCUT2D eigenvalue weighted by molar-refractivity contribution is 9.10. The summed E-state index contributed by atoms with van der Waals surface area (Å²) in [6.07, 6.45) is 0. The first-order valence-corrected chi connectivity index (χ1v) is 6.48. The summed E-state index contributed by atoms with van der Waals surface area (Å²) in [6, 6.07) is 7.65. The van der Waals surface area contributed by atoms with Crippen molar-refractivity contribution in [3.63, 3.8) is 0 Å². The van der Waals surface area contributed by atoms with Crippen LogP contribution in [0.2, 0.25) is 0 Å². The minimum atomic E-state index is 0.0971. The molecule has 80 valence electrons. The maximum absolute atomic E-state index is 11.9. The molecule has 1 aromatic carbocycles. The molecule has 2 heterocycles. The Labute approximate surface area is 104 Å². The Morgan fingerprint density at radius 1 is 1.31 bits per heavy atom. The number of thiophene rings is 1. The number of pyridine rings is 1. The van der Waals surface area contributed by atoms with Gasteiger partial charge in [-0.2, -0.15) is 0 Å². The van der Waals surface area contributed by atoms with E-state index in [4.69, 9.17) is 0 Å². The molecule has 0 aliphatic rings. The first-order chi connectivity index (χ1) is 7.65. The molecule has 0 atom stereocenters. The second kappa shape index (κ2) is 3.43. The molecule has 0 bridgehead atoms. The minimum Gasteiger partial charge on any atom is -0.350 e. The zero-order chi connectivity index (χ0) is 11.3. The Morgan fingerprint density at radius 2 is 2.12 bits per heavy atom. The van der Waals surface area contributed by atoms with Crippen molar-refractivity contribution in [1.29, 1.82) is 0 Å². The van der Waals surface area contributed by atoms with Crippen molar-refractivity contribution in [2.45, 2.75) is 6.92 Å². The van der Waals surface area contributed by atoms with Gasteiger partial charge in [-0.05, 0) is 19.1 Å². The number of aromatic nitrogens is 1. The topological polar surface area (TPSA) is 32.9 Å². The van der Waals surface area contributed by atoms with E-state index in [0.717, 1.165) is 30.5 Å². The number of nitrogens with one attached hydrogen (secondary N) is 1. The van der Waals surface area contributed by atoms with Crippen molar-refractivity contribution in [1.82, 2.24) is 4.98 Å². The molecule has 0 aliphatic carbocycles. The molecule has 3 aromatic rings. The fraction of sp³-hybridized carbons (Fsp3) is 0.0833. The summed E-state index contributed by atoms with van der Waals surface area (Å²) in [6.45, 7) is 1.90. The molecule has 3 rings (SSSR count). The number of halogens is 1. The van der Waals surface area contributed by atoms with Gasteiger partial charge in [0.05, 0.1) is 5.39 Å². The molecule has 16 heavy (non-hydrogen) atoms. The SMILES string of the molecule is Cc1cc(=O)c2c([nH]1)sc1cc(Br)ccc12. The molecule has 0 saturated carbocycles. The predicted octanol–water partition coefficient (Wildman–Crippen LogP) is 3.81. The fourth-order valence-corrected chi connectivity index (χ4v) is 3.61. The van der Waals surface area contributed by atoms with Gasteiger partial charge in [-0.15, -0.1) is 11.3 Å². The highest BCUT2D eigenvalue weighted by atomic mass is 79.9. The van der Waals surface area contributed by atoms with Crippen LogP contribution < -0.4 is 5.43 Å². The lowest BCUT2D eigenvalue weighted by atomic mass is 10.2. The molecule has 0 fully saturated rings. The summed E-state index contributed by atoms with van der Waals surface area (Å²) in [5.41, 5.74) is 1.00. The first kappa shape index (κ1) is 10.1. The van der Waals surface area contributed by atoms with Crippen LogP contribution in [0.4, 0.5) is 0 Å². The monoisotopic (exact) mass is 293 g/mol. The van der Waals surface area contributed by atoms with Crippen molar-refractivity contribution in [3.05, 3.63) is 44.7 Å². The first-order valence-electron chi connectivity index (χ1n) is 4.87. The van der Waals surface area contributed by atoms with E-state index in [0.29, 0.717) is 0 Å². The van der Waals surface area contributed by atoms with Crippen LogP contribution >= 0.6 is 27.3 Å². The molecule has 1 N–H and O–H groups in total. The highest BCUT2D eigenvalue weighted by Gasteiger charge is 2.09. The van der Waals surface area contributed by atoms with Crippen LogP contribution in [0.25, 0.3) is 20.3 Å². The van der Waals surface area contributed by atoms with Crippen LogP contribution in [0.1, 0.15) is 5.69 Å². The Hall–Kier alpha value is -1.13. The average Bonchev–Trinajstić information content (AvgIpc) is 2.54. The van der Waals surface area contributed by atoms with Crippen LogP contribution in [0.15, 0.2) is 33.5 Å². The lowest BCUT2D eigenvalue weighted by molar-refractivity contribution is 1.26. The highest BCUT2D eigenvalue weighted by Crippen LogP contribution is 2.32. The average molecular weight is 294 g/mol. The Balaban J connectivity index is 2.61. The number of benzene rings is 1. The third-order valence-electron chi connectivity index (χ3n) is 2.56. The van der Waals surface area contributed by atoms with E-state index in [1.54, 1.807) is 17.4 Å². The molecule has 0 saturated heterocycles. The molecular formula is C12H8BrNOS. The molecular weight excluding hydrogens is 286 g/mol. The summed E-state index contributed by atoms with van der Waals surface area (Å²) < 4.78 is 2.17. The predicted molar refractivity (Wildman–Crippen MR) is 72.4 cm³/mol. The van der Waals surface area contributed by atoms with Gasteiger partial charge < -0.3 is 4.98 Å². The van der Waals surface area contributed by atoms with Gasteiger partial charge in [-0.3, -0.25) is 4.79 Å². The number of aryl methyl sites for hydroxylation is 1. The molecule has 2 nitrogen and oxygen atoms in total. The number of hydrogen-bond acceptors (Lipinski definition) is 2. The van der Waals surface area contributed by atoms with Gasteiger partial charge in [0, 0.05) is 26.3 Å². The quantitative estimate of drug-likeness (QED) is 0.672. The summed E-state index contributed by atoms with van der Waals surface area (Å²) in [5.74, 6) is 0. The summed E-state index contributed by atoms with van der Waals surface area (Å²) >= 11 is 5.06. The van der Waals surface area contributed by atoms with Gasteiger partial charge >= 0.3 is 0 Å². The molecule has 0 spiro atoms. The Morgan fingerprint density at radius 3 is 2.94 bits per heavy atom. The standard InChI is InChI=1S/C12H8BrNOS/c1-6-4-9(15)11-8-3-2-7(13)5-10(8)16-12(11)14-6/h2-5H,1H3,(H,14,15). The van der Waals surface area contributed by atoms with Crippen LogP contribution in [-0.4, -0.2) is 4.98 Å². The number of hydrogen-bond donors (Lipinski definition) is 1. The fourth-order valence-electron chi connectivity index (χ4n) is 1.89. The normalized spacial score (nSPS) is 11.4. The third-order valence-corrected chi connectivity index (χ3v) is 4.12. The zero-order valence-corrected chi connectivity index (χ0v) is 10.9. The largest absolute Gasteiger partial charge is 0.350 e. The van der Waals surface area contributed by atoms with Crippen molar-refractivity contribution in [3.8, 4) is 0 Å². The summed E-state index contributed by atoms with van der Waals surface area (Å²) in [5, 5.41) is 1.84. The minimum absolute atomic E-state index is 0.0971. The van der Waals surface area contributed by atoms with Gasteiger partial charge in [0.1, 0.15) is 4.83 Å². The summed E-state index contributed by atoms with van der Waals surface area (Å²) in [4.78, 5) is 16.1. The van der Waals surface area contributed by atoms with E-state index in [9.17, 15) is 4.79 Å². The van der Waals surface area contributed by atoms with Crippen LogP contribution in [0.3, 0.4) is 0 Å². The lowest BCUT2D eigenvalue weighted by Crippen LogP contribution is -2.00. The second-order valence-electron chi connectivity index (χ2n) is 3.76. The molecule has 4 heteroatoms. The van der Waals surface area contributed by atoms with E-state index in [1.165, 1.54) is 0 Å². The van der Waals surface area contributed by atoms with Crippen LogP contribution in [0, 0.1) is 6.92 Å². The number of aromatic amines is 1. The molecule has 0 amide bonds. The van der Waals surface area contributed by atoms with Gasteiger partial charge in [0.2, 0.25) is 0 Å². The van der Waals surface area contributed by atoms with Gasteiger partial charge in [0.15, 0.2) is 5.43 Å². The molecule has 0 unspecified atom stereocenters. The number of H-pyrrole nitrogens is 1. The van der Waals surface area contributed by atoms with Gasteiger partial charge in [-0.25, -0.2) is 0 Å². The smallest absolute Gasteiger partial charge is 0.191 e. The number of rotatable bonds is 0. The Bertz CT molecular complexity index is 757. The van der Waals surface area contributed by atoms with Crippen LogP contribution in [0.5, 0.6) is 0 Å². The van der Waals surface area contributed by atoms with E-state index in [-0.39, 0.29) is 5.43 Å². The van der Waals surface area contributed by atoms with Gasteiger partial charge in [0.25, 0.3) is 0 Å². The maximum atomic E-state index is 11.9. The van der Waals surface area contributed by atoms with Crippen molar-refractivity contribution >= 4 is 47.6 Å². The number of fused-ring (bicyclic) bond motifs is 3. The van der Waals surface area contributed by atoms with Crippen LogP contribution in [-0.2, 0) is 0 Å². The third kappa shape index (κ3) is 1.41.